The van der Waals surface area contributed by atoms with Crippen molar-refractivity contribution in [2.45, 2.75) is 32.4 Å². The molecule has 178 valence electrons. The van der Waals surface area contributed by atoms with Gasteiger partial charge in [-0.05, 0) is 61.4 Å². The first kappa shape index (κ1) is 23.7. The van der Waals surface area contributed by atoms with E-state index >= 15 is 0 Å². The summed E-state index contributed by atoms with van der Waals surface area (Å²) >= 11 is 0. The van der Waals surface area contributed by atoms with E-state index in [9.17, 15) is 9.18 Å². The minimum atomic E-state index is -0.604. The van der Waals surface area contributed by atoms with Crippen molar-refractivity contribution in [1.82, 2.24) is 10.3 Å². The van der Waals surface area contributed by atoms with E-state index in [1.807, 2.05) is 31.2 Å². The summed E-state index contributed by atoms with van der Waals surface area (Å²) in [6.45, 7) is 3.48. The molecule has 0 unspecified atom stereocenters. The maximum atomic E-state index is 14.8. The molecule has 2 aromatic carbocycles. The Bertz CT molecular complexity index is 1320. The molecular weight excluding hydrogens is 447 g/mol. The van der Waals surface area contributed by atoms with Gasteiger partial charge in [-0.2, -0.15) is 0 Å². The van der Waals surface area contributed by atoms with E-state index in [-0.39, 0.29) is 17.8 Å². The molecule has 4 rings (SSSR count). The van der Waals surface area contributed by atoms with E-state index < -0.39 is 11.9 Å². The van der Waals surface area contributed by atoms with Crippen LogP contribution in [0.5, 0.6) is 0 Å². The molecule has 35 heavy (non-hydrogen) atoms. The maximum Gasteiger partial charge on any atom is 0.251 e. The van der Waals surface area contributed by atoms with Crippen LogP contribution in [0.25, 0.3) is 11.1 Å². The fourth-order valence-corrected chi connectivity index (χ4v) is 3.75. The summed E-state index contributed by atoms with van der Waals surface area (Å²) in [6.07, 6.45) is 2.61. The van der Waals surface area contributed by atoms with Gasteiger partial charge in [-0.3, -0.25) is 15.2 Å². The van der Waals surface area contributed by atoms with Crippen molar-refractivity contribution in [3.8, 4) is 11.1 Å². The van der Waals surface area contributed by atoms with Gasteiger partial charge in [0.15, 0.2) is 6.10 Å². The molecule has 1 aliphatic heterocycles. The number of halogens is 1. The number of aryl methyl sites for hydroxylation is 1. The Morgan fingerprint density at radius 3 is 2.77 bits per heavy atom. The summed E-state index contributed by atoms with van der Waals surface area (Å²) < 4.78 is 14.8. The summed E-state index contributed by atoms with van der Waals surface area (Å²) in [5.74, 6) is -0.710. The first-order valence-electron chi connectivity index (χ1n) is 11.0. The van der Waals surface area contributed by atoms with Crippen LogP contribution in [0.15, 0.2) is 70.9 Å². The molecule has 4 N–H and O–H groups in total. The van der Waals surface area contributed by atoms with Crippen LogP contribution in [-0.2, 0) is 4.84 Å². The highest BCUT2D eigenvalue weighted by molar-refractivity contribution is 6.06. The van der Waals surface area contributed by atoms with Crippen LogP contribution < -0.4 is 11.1 Å². The van der Waals surface area contributed by atoms with E-state index in [0.29, 0.717) is 34.4 Å². The number of amidine groups is 1. The van der Waals surface area contributed by atoms with Crippen LogP contribution in [0.2, 0.25) is 0 Å². The van der Waals surface area contributed by atoms with E-state index in [0.717, 1.165) is 17.6 Å². The van der Waals surface area contributed by atoms with E-state index in [2.05, 4.69) is 20.4 Å². The van der Waals surface area contributed by atoms with Gasteiger partial charge in [-0.25, -0.2) is 9.38 Å². The van der Waals surface area contributed by atoms with Gasteiger partial charge in [0.25, 0.3) is 5.91 Å². The molecule has 0 saturated heterocycles. The monoisotopic (exact) mass is 472 g/mol. The number of nitrogens with one attached hydrogen (secondary N) is 2. The molecule has 1 amide bonds. The van der Waals surface area contributed by atoms with Crippen molar-refractivity contribution in [3.63, 3.8) is 0 Å². The summed E-state index contributed by atoms with van der Waals surface area (Å²) in [7, 11) is 0. The summed E-state index contributed by atoms with van der Waals surface area (Å²) in [5.41, 5.74) is 9.81. The zero-order chi connectivity index (χ0) is 24.9. The average molecular weight is 473 g/mol. The standard InChI is InChI=1S/C26H25FN6O2/c1-15-6-7-20(21(27)9-15)17-10-18(23-13-24(35-33-23)22-5-3-4-8-30-22)12-19(11-17)26(34)32-16(2)25(29)31-14-28/h3-12,14,16,24H,13H2,1-2H3,(H,32,34)(H3,28,29,31)/t16-,24-/m0/s1. The SMILES string of the molecule is Cc1ccc(-c2cc(C(=O)N[C@@H](C)C(N)=NC=N)cc(C3=NO[C@H](c4ccccn4)C3)c2)c(F)c1. The van der Waals surface area contributed by atoms with Crippen molar-refractivity contribution in [1.29, 1.82) is 5.41 Å². The molecule has 2 atom stereocenters. The van der Waals surface area contributed by atoms with Crippen molar-refractivity contribution >= 4 is 23.8 Å². The quantitative estimate of drug-likeness (QED) is 0.353. The van der Waals surface area contributed by atoms with Gasteiger partial charge in [0.2, 0.25) is 0 Å². The van der Waals surface area contributed by atoms with Gasteiger partial charge in [-0.15, -0.1) is 0 Å². The fraction of sp³-hybridized carbons (Fsp3) is 0.192. The fourth-order valence-electron chi connectivity index (χ4n) is 3.75. The summed E-state index contributed by atoms with van der Waals surface area (Å²) in [5, 5.41) is 14.1. The molecule has 0 spiro atoms. The lowest BCUT2D eigenvalue weighted by Gasteiger charge is -2.15. The number of hydrogen-bond acceptors (Lipinski definition) is 5. The number of aliphatic imine (C=N–C) groups is 1. The number of carbonyl (C=O) groups is 1. The minimum absolute atomic E-state index is 0.0982. The Morgan fingerprint density at radius 2 is 2.06 bits per heavy atom. The number of nitrogens with two attached hydrogens (primary N) is 1. The predicted molar refractivity (Wildman–Crippen MR) is 133 cm³/mol. The second-order valence-corrected chi connectivity index (χ2v) is 8.25. The zero-order valence-corrected chi connectivity index (χ0v) is 19.3. The minimum Gasteiger partial charge on any atom is -0.385 e. The first-order valence-corrected chi connectivity index (χ1v) is 11.0. The average Bonchev–Trinajstić information content (AvgIpc) is 3.35. The maximum absolute atomic E-state index is 14.8. The van der Waals surface area contributed by atoms with Crippen molar-refractivity contribution in [3.05, 3.63) is 89.0 Å². The Balaban J connectivity index is 1.70. The van der Waals surface area contributed by atoms with Crippen LogP contribution in [0.3, 0.4) is 0 Å². The molecule has 0 bridgehead atoms. The predicted octanol–water partition coefficient (Wildman–Crippen LogP) is 4.14. The van der Waals surface area contributed by atoms with Gasteiger partial charge < -0.3 is 15.9 Å². The van der Waals surface area contributed by atoms with Crippen LogP contribution in [-0.4, -0.2) is 34.8 Å². The summed E-state index contributed by atoms with van der Waals surface area (Å²) in [6, 6.07) is 15.0. The lowest BCUT2D eigenvalue weighted by molar-refractivity contribution is 0.0826. The number of rotatable bonds is 7. The van der Waals surface area contributed by atoms with E-state index in [1.54, 1.807) is 37.4 Å². The molecule has 9 heteroatoms. The largest absolute Gasteiger partial charge is 0.385 e. The molecule has 1 aromatic heterocycles. The van der Waals surface area contributed by atoms with Gasteiger partial charge in [0, 0.05) is 29.3 Å². The third-order valence-corrected chi connectivity index (χ3v) is 5.66. The number of carbonyl (C=O) groups excluding carboxylic acids is 1. The number of nitrogens with zero attached hydrogens (tertiary/aromatic N) is 3. The normalized spacial score (nSPS) is 16.3. The number of oxime groups is 1. The highest BCUT2D eigenvalue weighted by Crippen LogP contribution is 2.31. The second-order valence-electron chi connectivity index (χ2n) is 8.25. The van der Waals surface area contributed by atoms with Gasteiger partial charge in [0.05, 0.1) is 17.4 Å². The molecule has 0 aliphatic carbocycles. The smallest absolute Gasteiger partial charge is 0.251 e. The molecule has 2 heterocycles. The summed E-state index contributed by atoms with van der Waals surface area (Å²) in [4.78, 5) is 26.7. The molecular formula is C26H25FN6O2. The molecule has 0 radical (unpaired) electrons. The van der Waals surface area contributed by atoms with Gasteiger partial charge >= 0.3 is 0 Å². The Kier molecular flexibility index (Phi) is 6.96. The van der Waals surface area contributed by atoms with Gasteiger partial charge in [-0.1, -0.05) is 23.4 Å². The lowest BCUT2D eigenvalue weighted by Crippen LogP contribution is -2.42. The van der Waals surface area contributed by atoms with Crippen LogP contribution in [0.1, 0.15) is 46.6 Å². The van der Waals surface area contributed by atoms with Crippen LogP contribution >= 0.6 is 0 Å². The molecule has 3 aromatic rings. The van der Waals surface area contributed by atoms with E-state index in [4.69, 9.17) is 16.0 Å². The number of benzene rings is 2. The Morgan fingerprint density at radius 1 is 1.26 bits per heavy atom. The third-order valence-electron chi connectivity index (χ3n) is 5.66. The number of pyridine rings is 1. The van der Waals surface area contributed by atoms with Crippen molar-refractivity contribution < 1.29 is 14.0 Å². The number of hydrogen-bond donors (Lipinski definition) is 3. The zero-order valence-electron chi connectivity index (χ0n) is 19.3. The van der Waals surface area contributed by atoms with Crippen LogP contribution in [0, 0.1) is 18.2 Å². The third kappa shape index (κ3) is 5.40. The van der Waals surface area contributed by atoms with Crippen LogP contribution in [0.4, 0.5) is 4.39 Å². The molecule has 0 fully saturated rings. The van der Waals surface area contributed by atoms with Crippen molar-refractivity contribution in [2.75, 3.05) is 0 Å². The highest BCUT2D eigenvalue weighted by Gasteiger charge is 2.26. The first-order chi connectivity index (χ1) is 16.9. The lowest BCUT2D eigenvalue weighted by atomic mass is 9.94. The molecule has 0 saturated carbocycles. The number of amides is 1. The highest BCUT2D eigenvalue weighted by atomic mass is 19.1. The van der Waals surface area contributed by atoms with Crippen molar-refractivity contribution in [2.24, 2.45) is 15.9 Å². The molecule has 8 nitrogen and oxygen atoms in total. The molecule has 1 aliphatic rings. The number of aromatic nitrogens is 1. The Hall–Kier alpha value is -4.40. The Labute approximate surface area is 202 Å². The van der Waals surface area contributed by atoms with E-state index in [1.165, 1.54) is 6.07 Å². The van der Waals surface area contributed by atoms with Gasteiger partial charge in [0.1, 0.15) is 18.0 Å². The second kappa shape index (κ2) is 10.3. The topological polar surface area (TPSA) is 126 Å².